The highest BCUT2D eigenvalue weighted by Gasteiger charge is 2.29. The van der Waals surface area contributed by atoms with E-state index in [-0.39, 0.29) is 0 Å². The van der Waals surface area contributed by atoms with E-state index in [9.17, 15) is 0 Å². The summed E-state index contributed by atoms with van der Waals surface area (Å²) in [6.07, 6.45) is 18.4. The molecule has 0 aromatic carbocycles. The van der Waals surface area contributed by atoms with E-state index >= 15 is 0 Å². The number of hydrogen-bond donors (Lipinski definition) is 0. The lowest BCUT2D eigenvalue weighted by Crippen LogP contribution is -2.25. The third-order valence-electron chi connectivity index (χ3n) is 5.10. The highest BCUT2D eigenvalue weighted by molar-refractivity contribution is 4.91. The fraction of sp³-hybridized carbons (Fsp3) is 0.765. The maximum Gasteiger partial charge on any atom is -0.0233 e. The van der Waals surface area contributed by atoms with Crippen LogP contribution >= 0.6 is 0 Å². The quantitative estimate of drug-likeness (QED) is 0.574. The second-order valence-corrected chi connectivity index (χ2v) is 6.11. The Morgan fingerprint density at radius 3 is 1.65 bits per heavy atom. The summed E-state index contributed by atoms with van der Waals surface area (Å²) in [4.78, 5) is 0. The highest BCUT2D eigenvalue weighted by atomic mass is 14.3. The topological polar surface area (TPSA) is 0 Å². The van der Waals surface area contributed by atoms with E-state index in [0.29, 0.717) is 0 Å². The summed E-state index contributed by atoms with van der Waals surface area (Å²) >= 11 is 0. The molecule has 0 heteroatoms. The first-order valence-corrected chi connectivity index (χ1v) is 7.58. The molecule has 0 radical (unpaired) electrons. The van der Waals surface area contributed by atoms with Crippen LogP contribution in [0.3, 0.4) is 0 Å². The Hall–Kier alpha value is -0.520. The summed E-state index contributed by atoms with van der Waals surface area (Å²) in [7, 11) is 0. The van der Waals surface area contributed by atoms with E-state index in [2.05, 4.69) is 31.7 Å². The van der Waals surface area contributed by atoms with Crippen LogP contribution in [-0.4, -0.2) is 0 Å². The van der Waals surface area contributed by atoms with E-state index in [1.165, 1.54) is 51.4 Å². The molecule has 0 bridgehead atoms. The van der Waals surface area contributed by atoms with Gasteiger partial charge in [0.05, 0.1) is 0 Å². The van der Waals surface area contributed by atoms with E-state index in [1.54, 1.807) is 0 Å². The molecular formula is C17H28. The third kappa shape index (κ3) is 3.47. The van der Waals surface area contributed by atoms with Crippen molar-refractivity contribution in [3.8, 4) is 0 Å². The van der Waals surface area contributed by atoms with Crippen molar-refractivity contribution < 1.29 is 0 Å². The number of hydrogen-bond acceptors (Lipinski definition) is 0. The van der Waals surface area contributed by atoms with Crippen LogP contribution < -0.4 is 0 Å². The van der Waals surface area contributed by atoms with Crippen molar-refractivity contribution in [1.29, 1.82) is 0 Å². The smallest absolute Gasteiger partial charge is 0.0233 e. The van der Waals surface area contributed by atoms with Gasteiger partial charge in [-0.1, -0.05) is 18.2 Å². The summed E-state index contributed by atoms with van der Waals surface area (Å²) in [6.45, 7) is 6.10. The average Bonchev–Trinajstić information content (AvgIpc) is 2.40. The lowest BCUT2D eigenvalue weighted by molar-refractivity contribution is 0.166. The van der Waals surface area contributed by atoms with Gasteiger partial charge in [-0.3, -0.25) is 0 Å². The van der Waals surface area contributed by atoms with Gasteiger partial charge < -0.3 is 0 Å². The van der Waals surface area contributed by atoms with Crippen molar-refractivity contribution in [1.82, 2.24) is 0 Å². The Labute approximate surface area is 107 Å². The van der Waals surface area contributed by atoms with E-state index in [4.69, 9.17) is 0 Å². The predicted octanol–water partition coefficient (Wildman–Crippen LogP) is 5.36. The molecule has 96 valence electrons. The molecule has 0 amide bonds. The highest BCUT2D eigenvalue weighted by Crippen LogP contribution is 2.41. The second-order valence-electron chi connectivity index (χ2n) is 6.11. The van der Waals surface area contributed by atoms with Crippen molar-refractivity contribution in [2.45, 2.75) is 58.3 Å². The molecule has 0 spiro atoms. The lowest BCUT2D eigenvalue weighted by atomic mass is 9.69. The Bertz CT molecular complexity index is 247. The Balaban J connectivity index is 1.76. The van der Waals surface area contributed by atoms with Gasteiger partial charge in [0, 0.05) is 0 Å². The number of rotatable bonds is 3. The van der Waals surface area contributed by atoms with E-state index in [0.717, 1.165) is 23.7 Å². The molecular weight excluding hydrogens is 204 g/mol. The zero-order valence-corrected chi connectivity index (χ0v) is 11.4. The van der Waals surface area contributed by atoms with Crippen molar-refractivity contribution in [2.75, 3.05) is 0 Å². The summed E-state index contributed by atoms with van der Waals surface area (Å²) in [6, 6.07) is 0. The summed E-state index contributed by atoms with van der Waals surface area (Å²) in [5.41, 5.74) is 0. The van der Waals surface area contributed by atoms with Gasteiger partial charge in [-0.05, 0) is 82.0 Å². The Morgan fingerprint density at radius 2 is 1.24 bits per heavy atom. The zero-order valence-electron chi connectivity index (χ0n) is 11.4. The van der Waals surface area contributed by atoms with Gasteiger partial charge in [0.2, 0.25) is 0 Å². The molecule has 0 nitrogen and oxygen atoms in total. The first-order valence-electron chi connectivity index (χ1n) is 7.58. The molecule has 2 fully saturated rings. The van der Waals surface area contributed by atoms with Crippen molar-refractivity contribution in [2.24, 2.45) is 23.7 Å². The SMILES string of the molecule is C=CC1CCC(C2CCC(C=CC)CC2)CC1. The minimum atomic E-state index is 0.825. The van der Waals surface area contributed by atoms with Crippen molar-refractivity contribution >= 4 is 0 Å². The first-order chi connectivity index (χ1) is 8.33. The number of allylic oxidation sites excluding steroid dienone is 3. The molecule has 0 saturated heterocycles. The molecule has 2 aliphatic rings. The summed E-state index contributed by atoms with van der Waals surface area (Å²) in [5, 5.41) is 0. The largest absolute Gasteiger partial charge is 0.103 e. The van der Waals surface area contributed by atoms with Gasteiger partial charge in [0.15, 0.2) is 0 Å². The van der Waals surface area contributed by atoms with Crippen LogP contribution in [0.15, 0.2) is 24.8 Å². The molecule has 2 aliphatic carbocycles. The van der Waals surface area contributed by atoms with E-state index < -0.39 is 0 Å². The van der Waals surface area contributed by atoms with Gasteiger partial charge >= 0.3 is 0 Å². The molecule has 0 aromatic rings. The maximum atomic E-state index is 3.94. The molecule has 2 rings (SSSR count). The van der Waals surface area contributed by atoms with Gasteiger partial charge in [-0.25, -0.2) is 0 Å². The molecule has 0 aliphatic heterocycles. The average molecular weight is 232 g/mol. The summed E-state index contributed by atoms with van der Waals surface area (Å²) in [5.74, 6) is 3.80. The molecule has 0 unspecified atom stereocenters. The fourth-order valence-corrected chi connectivity index (χ4v) is 3.93. The van der Waals surface area contributed by atoms with Crippen LogP contribution in [0.1, 0.15) is 58.3 Å². The molecule has 2 saturated carbocycles. The van der Waals surface area contributed by atoms with Gasteiger partial charge in [0.1, 0.15) is 0 Å². The lowest BCUT2D eigenvalue weighted by Gasteiger charge is -2.36. The van der Waals surface area contributed by atoms with Crippen LogP contribution in [0, 0.1) is 23.7 Å². The Morgan fingerprint density at radius 1 is 0.765 bits per heavy atom. The van der Waals surface area contributed by atoms with Crippen LogP contribution in [0.25, 0.3) is 0 Å². The monoisotopic (exact) mass is 232 g/mol. The van der Waals surface area contributed by atoms with Crippen molar-refractivity contribution in [3.05, 3.63) is 24.8 Å². The molecule has 0 N–H and O–H groups in total. The normalized spacial score (nSPS) is 39.4. The standard InChI is InChI=1S/C17H28/c1-3-5-15-8-12-17(13-9-15)16-10-6-14(4-2)7-11-16/h3-5,14-17H,2,6-13H2,1H3. The molecule has 0 atom stereocenters. The molecule has 0 aromatic heterocycles. The molecule has 17 heavy (non-hydrogen) atoms. The third-order valence-corrected chi connectivity index (χ3v) is 5.10. The van der Waals surface area contributed by atoms with Crippen LogP contribution in [0.2, 0.25) is 0 Å². The van der Waals surface area contributed by atoms with Crippen LogP contribution in [0.4, 0.5) is 0 Å². The predicted molar refractivity (Wildman–Crippen MR) is 75.9 cm³/mol. The van der Waals surface area contributed by atoms with Crippen LogP contribution in [-0.2, 0) is 0 Å². The Kier molecular flexibility index (Phi) is 4.88. The zero-order chi connectivity index (χ0) is 12.1. The van der Waals surface area contributed by atoms with Gasteiger partial charge in [-0.15, -0.1) is 6.58 Å². The van der Waals surface area contributed by atoms with Crippen molar-refractivity contribution in [3.63, 3.8) is 0 Å². The van der Waals surface area contributed by atoms with Gasteiger partial charge in [0.25, 0.3) is 0 Å². The fourth-order valence-electron chi connectivity index (χ4n) is 3.93. The maximum absolute atomic E-state index is 3.94. The van der Waals surface area contributed by atoms with Crippen LogP contribution in [0.5, 0.6) is 0 Å². The molecule has 0 heterocycles. The van der Waals surface area contributed by atoms with Gasteiger partial charge in [-0.2, -0.15) is 0 Å². The minimum Gasteiger partial charge on any atom is -0.103 e. The first kappa shape index (κ1) is 12.9. The second kappa shape index (κ2) is 6.42. The van der Waals surface area contributed by atoms with E-state index in [1.807, 2.05) is 0 Å². The minimum absolute atomic E-state index is 0.825. The summed E-state index contributed by atoms with van der Waals surface area (Å²) < 4.78 is 0.